The normalized spacial score (nSPS) is 15.5. The zero-order valence-corrected chi connectivity index (χ0v) is 16.6. The van der Waals surface area contributed by atoms with Gasteiger partial charge >= 0.3 is 6.03 Å². The molecule has 0 spiro atoms. The van der Waals surface area contributed by atoms with E-state index in [0.29, 0.717) is 23.0 Å². The van der Waals surface area contributed by atoms with Crippen molar-refractivity contribution < 1.29 is 4.79 Å². The fraction of sp³-hybridized carbons (Fsp3) is 0.400. The van der Waals surface area contributed by atoms with Crippen molar-refractivity contribution in [3.63, 3.8) is 0 Å². The molecule has 0 atom stereocenters. The molecule has 0 bridgehead atoms. The number of aromatic nitrogens is 1. The fourth-order valence-electron chi connectivity index (χ4n) is 3.24. The van der Waals surface area contributed by atoms with Gasteiger partial charge in [-0.3, -0.25) is 9.88 Å². The Morgan fingerprint density at radius 1 is 1.15 bits per heavy atom. The summed E-state index contributed by atoms with van der Waals surface area (Å²) in [5, 5.41) is 7.06. The Labute approximate surface area is 170 Å². The Bertz CT molecular complexity index is 749. The number of rotatable bonds is 6. The first-order valence-electron chi connectivity index (χ1n) is 9.21. The molecule has 2 heterocycles. The Hall–Kier alpha value is -1.82. The zero-order chi connectivity index (χ0) is 19.1. The van der Waals surface area contributed by atoms with Crippen LogP contribution in [0.25, 0.3) is 0 Å². The molecule has 3 rings (SSSR count). The van der Waals surface area contributed by atoms with Crippen LogP contribution in [-0.4, -0.2) is 41.6 Å². The van der Waals surface area contributed by atoms with Crippen LogP contribution in [0.15, 0.2) is 42.6 Å². The average Bonchev–Trinajstić information content (AvgIpc) is 2.67. The molecule has 2 amide bonds. The third-order valence-electron chi connectivity index (χ3n) is 4.75. The highest BCUT2D eigenvalue weighted by atomic mass is 35.5. The molecule has 2 aromatic rings. The molecular formula is C20H24Cl2N4O. The lowest BCUT2D eigenvalue weighted by molar-refractivity contribution is 0.185. The number of piperidine rings is 1. The number of halogens is 2. The number of carbonyl (C=O) groups excluding carboxylic acids is 1. The molecule has 0 aliphatic carbocycles. The van der Waals surface area contributed by atoms with Gasteiger partial charge in [-0.15, -0.1) is 0 Å². The summed E-state index contributed by atoms with van der Waals surface area (Å²) < 4.78 is 0. The van der Waals surface area contributed by atoms with Crippen molar-refractivity contribution in [3.05, 3.63) is 63.9 Å². The van der Waals surface area contributed by atoms with Crippen molar-refractivity contribution in [2.45, 2.75) is 31.8 Å². The van der Waals surface area contributed by atoms with E-state index in [9.17, 15) is 4.79 Å². The Balaban J connectivity index is 1.35. The van der Waals surface area contributed by atoms with Gasteiger partial charge in [-0.05, 0) is 43.0 Å². The van der Waals surface area contributed by atoms with Crippen LogP contribution >= 0.6 is 23.2 Å². The molecule has 1 fully saturated rings. The van der Waals surface area contributed by atoms with Gasteiger partial charge in [-0.1, -0.05) is 41.4 Å². The van der Waals surface area contributed by atoms with Gasteiger partial charge in [0.05, 0.1) is 15.7 Å². The molecule has 1 aliphatic rings. The van der Waals surface area contributed by atoms with Gasteiger partial charge in [-0.2, -0.15) is 0 Å². The first-order chi connectivity index (χ1) is 13.1. The number of amides is 2. The van der Waals surface area contributed by atoms with Gasteiger partial charge in [0.25, 0.3) is 0 Å². The van der Waals surface area contributed by atoms with E-state index in [0.717, 1.165) is 43.7 Å². The second-order valence-corrected chi connectivity index (χ2v) is 7.52. The Kier molecular flexibility index (Phi) is 7.33. The van der Waals surface area contributed by atoms with Crippen molar-refractivity contribution in [1.29, 1.82) is 0 Å². The molecule has 5 nitrogen and oxygen atoms in total. The molecule has 1 aromatic heterocycles. The first kappa shape index (κ1) is 19.9. The number of carbonyl (C=O) groups is 1. The molecule has 1 aliphatic heterocycles. The van der Waals surface area contributed by atoms with Crippen LogP contribution in [-0.2, 0) is 13.0 Å². The number of urea groups is 1. The largest absolute Gasteiger partial charge is 0.338 e. The van der Waals surface area contributed by atoms with E-state index in [1.54, 1.807) is 6.07 Å². The maximum absolute atomic E-state index is 12.1. The molecule has 1 saturated heterocycles. The fourth-order valence-corrected chi connectivity index (χ4v) is 3.66. The standard InChI is InChI=1S/C20H24Cl2N4O/c21-18-6-3-4-15(19(18)22)7-11-24-20(27)25-16-8-12-26(13-9-16)14-17-5-1-2-10-23-17/h1-6,10,16H,7-9,11-14H2,(H2,24,25,27). The number of nitrogens with zero attached hydrogens (tertiary/aromatic N) is 2. The Morgan fingerprint density at radius 3 is 2.70 bits per heavy atom. The average molecular weight is 407 g/mol. The summed E-state index contributed by atoms with van der Waals surface area (Å²) >= 11 is 12.2. The van der Waals surface area contributed by atoms with Gasteiger partial charge in [0.2, 0.25) is 0 Å². The quantitative estimate of drug-likeness (QED) is 0.764. The van der Waals surface area contributed by atoms with E-state index in [2.05, 4.69) is 20.5 Å². The van der Waals surface area contributed by atoms with Crippen molar-refractivity contribution in [2.24, 2.45) is 0 Å². The number of hydrogen-bond acceptors (Lipinski definition) is 3. The number of pyridine rings is 1. The summed E-state index contributed by atoms with van der Waals surface area (Å²) in [6, 6.07) is 11.6. The highest BCUT2D eigenvalue weighted by Crippen LogP contribution is 2.25. The molecule has 0 saturated carbocycles. The second kappa shape index (κ2) is 9.93. The molecule has 27 heavy (non-hydrogen) atoms. The van der Waals surface area contributed by atoms with E-state index in [4.69, 9.17) is 23.2 Å². The molecule has 144 valence electrons. The highest BCUT2D eigenvalue weighted by Gasteiger charge is 2.20. The van der Waals surface area contributed by atoms with Crippen LogP contribution in [0.2, 0.25) is 10.0 Å². The summed E-state index contributed by atoms with van der Waals surface area (Å²) in [6.07, 6.45) is 4.36. The minimum atomic E-state index is -0.128. The van der Waals surface area contributed by atoms with Crippen molar-refractivity contribution in [2.75, 3.05) is 19.6 Å². The third kappa shape index (κ3) is 6.09. The predicted octanol–water partition coefficient (Wildman–Crippen LogP) is 3.89. The molecular weight excluding hydrogens is 383 g/mol. The van der Waals surface area contributed by atoms with Crippen LogP contribution < -0.4 is 10.6 Å². The molecule has 7 heteroatoms. The van der Waals surface area contributed by atoms with Crippen molar-refractivity contribution in [1.82, 2.24) is 20.5 Å². The van der Waals surface area contributed by atoms with Crippen molar-refractivity contribution >= 4 is 29.2 Å². The van der Waals surface area contributed by atoms with Crippen LogP contribution in [0.5, 0.6) is 0 Å². The van der Waals surface area contributed by atoms with Gasteiger partial charge < -0.3 is 10.6 Å². The molecule has 0 unspecified atom stereocenters. The first-order valence-corrected chi connectivity index (χ1v) is 9.97. The highest BCUT2D eigenvalue weighted by molar-refractivity contribution is 6.42. The SMILES string of the molecule is O=C(NCCc1cccc(Cl)c1Cl)NC1CCN(Cc2ccccn2)CC1. The second-order valence-electron chi connectivity index (χ2n) is 6.73. The number of likely N-dealkylation sites (tertiary alicyclic amines) is 1. The van der Waals surface area contributed by atoms with E-state index in [-0.39, 0.29) is 12.1 Å². The van der Waals surface area contributed by atoms with Gasteiger partial charge in [0.1, 0.15) is 0 Å². The lowest BCUT2D eigenvalue weighted by atomic mass is 10.1. The van der Waals surface area contributed by atoms with Gasteiger partial charge in [0, 0.05) is 38.4 Å². The maximum atomic E-state index is 12.1. The van der Waals surface area contributed by atoms with E-state index >= 15 is 0 Å². The maximum Gasteiger partial charge on any atom is 0.315 e. The summed E-state index contributed by atoms with van der Waals surface area (Å²) in [5.41, 5.74) is 2.02. The van der Waals surface area contributed by atoms with Crippen LogP contribution in [0, 0.1) is 0 Å². The number of nitrogens with one attached hydrogen (secondary N) is 2. The molecule has 1 aromatic carbocycles. The monoisotopic (exact) mass is 406 g/mol. The van der Waals surface area contributed by atoms with Crippen molar-refractivity contribution in [3.8, 4) is 0 Å². The Morgan fingerprint density at radius 2 is 1.96 bits per heavy atom. The van der Waals surface area contributed by atoms with Crippen LogP contribution in [0.4, 0.5) is 4.79 Å². The van der Waals surface area contributed by atoms with E-state index in [1.807, 2.05) is 36.5 Å². The third-order valence-corrected chi connectivity index (χ3v) is 5.60. The smallest absolute Gasteiger partial charge is 0.315 e. The summed E-state index contributed by atoms with van der Waals surface area (Å²) in [7, 11) is 0. The summed E-state index contributed by atoms with van der Waals surface area (Å²) in [5.74, 6) is 0. The topological polar surface area (TPSA) is 57.3 Å². The lowest BCUT2D eigenvalue weighted by Crippen LogP contribution is -2.48. The van der Waals surface area contributed by atoms with E-state index < -0.39 is 0 Å². The molecule has 0 radical (unpaired) electrons. The zero-order valence-electron chi connectivity index (χ0n) is 15.1. The summed E-state index contributed by atoms with van der Waals surface area (Å²) in [6.45, 7) is 3.30. The van der Waals surface area contributed by atoms with Crippen LogP contribution in [0.1, 0.15) is 24.1 Å². The minimum absolute atomic E-state index is 0.128. The van der Waals surface area contributed by atoms with E-state index in [1.165, 1.54) is 0 Å². The number of benzene rings is 1. The minimum Gasteiger partial charge on any atom is -0.338 e. The summed E-state index contributed by atoms with van der Waals surface area (Å²) in [4.78, 5) is 18.9. The molecule has 2 N–H and O–H groups in total. The van der Waals surface area contributed by atoms with Gasteiger partial charge in [0.15, 0.2) is 0 Å². The number of hydrogen-bond donors (Lipinski definition) is 2. The lowest BCUT2D eigenvalue weighted by Gasteiger charge is -2.32. The van der Waals surface area contributed by atoms with Gasteiger partial charge in [-0.25, -0.2) is 4.79 Å². The predicted molar refractivity (Wildman–Crippen MR) is 109 cm³/mol. The van der Waals surface area contributed by atoms with Crippen LogP contribution in [0.3, 0.4) is 0 Å².